The number of carboxylic acid groups (broad SMARTS) is 1. The summed E-state index contributed by atoms with van der Waals surface area (Å²) in [4.78, 5) is 11.3. The lowest BCUT2D eigenvalue weighted by Crippen LogP contribution is -2.08. The van der Waals surface area contributed by atoms with E-state index in [-0.39, 0.29) is 17.2 Å². The fourth-order valence-electron chi connectivity index (χ4n) is 2.24. The largest absolute Gasteiger partial charge is 0.481 e. The van der Waals surface area contributed by atoms with E-state index < -0.39 is 15.8 Å². The van der Waals surface area contributed by atoms with Crippen molar-refractivity contribution in [2.24, 2.45) is 0 Å². The molecule has 0 unspecified atom stereocenters. The Morgan fingerprint density at radius 3 is 2.00 bits per heavy atom. The van der Waals surface area contributed by atoms with Gasteiger partial charge >= 0.3 is 5.97 Å². The van der Waals surface area contributed by atoms with Gasteiger partial charge in [-0.05, 0) is 23.3 Å². The molecule has 0 radical (unpaired) electrons. The van der Waals surface area contributed by atoms with Gasteiger partial charge in [-0.1, -0.05) is 42.5 Å². The monoisotopic (exact) mass is 304 g/mol. The third-order valence-corrected chi connectivity index (χ3v) is 4.42. The minimum absolute atomic E-state index is 0.0394. The highest BCUT2D eigenvalue weighted by Gasteiger charge is 2.18. The molecular weight excluding hydrogens is 288 g/mol. The van der Waals surface area contributed by atoms with Crippen LogP contribution in [0.1, 0.15) is 23.5 Å². The third kappa shape index (κ3) is 3.92. The highest BCUT2D eigenvalue weighted by atomic mass is 32.2. The molecule has 2 rings (SSSR count). The number of hydrogen-bond donors (Lipinski definition) is 1. The molecular formula is C16H16O4S. The molecule has 0 aliphatic heterocycles. The van der Waals surface area contributed by atoms with Crippen LogP contribution in [0.2, 0.25) is 0 Å². The van der Waals surface area contributed by atoms with Gasteiger partial charge in [0, 0.05) is 12.2 Å². The lowest BCUT2D eigenvalue weighted by atomic mass is 9.89. The fraction of sp³-hybridized carbons (Fsp3) is 0.188. The van der Waals surface area contributed by atoms with E-state index in [0.717, 1.165) is 17.4 Å². The minimum atomic E-state index is -3.25. The van der Waals surface area contributed by atoms with Gasteiger partial charge in [0.15, 0.2) is 9.84 Å². The van der Waals surface area contributed by atoms with Crippen molar-refractivity contribution in [3.05, 3.63) is 65.7 Å². The molecule has 0 aliphatic rings. The van der Waals surface area contributed by atoms with Gasteiger partial charge in [0.25, 0.3) is 0 Å². The second kappa shape index (κ2) is 6.10. The highest BCUT2D eigenvalue weighted by Crippen LogP contribution is 2.28. The molecule has 0 aromatic heterocycles. The van der Waals surface area contributed by atoms with Crippen LogP contribution < -0.4 is 0 Å². The summed E-state index contributed by atoms with van der Waals surface area (Å²) in [6.07, 6.45) is 1.11. The second-order valence-corrected chi connectivity index (χ2v) is 6.92. The van der Waals surface area contributed by atoms with Crippen LogP contribution in [0.3, 0.4) is 0 Å². The van der Waals surface area contributed by atoms with Crippen molar-refractivity contribution in [2.45, 2.75) is 17.2 Å². The van der Waals surface area contributed by atoms with Gasteiger partial charge < -0.3 is 5.11 Å². The minimum Gasteiger partial charge on any atom is -0.481 e. The molecule has 0 fully saturated rings. The van der Waals surface area contributed by atoms with Gasteiger partial charge in [-0.3, -0.25) is 4.79 Å². The number of carbonyl (C=O) groups is 1. The van der Waals surface area contributed by atoms with Crippen molar-refractivity contribution in [1.29, 1.82) is 0 Å². The van der Waals surface area contributed by atoms with Crippen LogP contribution in [-0.4, -0.2) is 25.7 Å². The summed E-state index contributed by atoms with van der Waals surface area (Å²) < 4.78 is 22.9. The Labute approximate surface area is 124 Å². The first-order valence-electron chi connectivity index (χ1n) is 6.44. The molecule has 0 bridgehead atoms. The topological polar surface area (TPSA) is 71.4 Å². The van der Waals surface area contributed by atoms with Crippen LogP contribution in [0.5, 0.6) is 0 Å². The maximum atomic E-state index is 11.5. The zero-order valence-corrected chi connectivity index (χ0v) is 12.4. The average molecular weight is 304 g/mol. The van der Waals surface area contributed by atoms with Crippen LogP contribution >= 0.6 is 0 Å². The fourth-order valence-corrected chi connectivity index (χ4v) is 2.87. The molecule has 2 aromatic carbocycles. The van der Waals surface area contributed by atoms with Crippen LogP contribution in [0.15, 0.2) is 59.5 Å². The molecule has 0 aliphatic carbocycles. The predicted molar refractivity (Wildman–Crippen MR) is 80.1 cm³/mol. The van der Waals surface area contributed by atoms with Gasteiger partial charge in [0.05, 0.1) is 11.3 Å². The molecule has 2 aromatic rings. The number of rotatable bonds is 5. The van der Waals surface area contributed by atoms with E-state index in [4.69, 9.17) is 5.11 Å². The third-order valence-electron chi connectivity index (χ3n) is 3.29. The van der Waals surface area contributed by atoms with E-state index in [0.29, 0.717) is 0 Å². The van der Waals surface area contributed by atoms with Gasteiger partial charge in [-0.2, -0.15) is 0 Å². The van der Waals surface area contributed by atoms with Crippen LogP contribution in [-0.2, 0) is 14.6 Å². The van der Waals surface area contributed by atoms with Crippen molar-refractivity contribution in [2.75, 3.05) is 6.26 Å². The Kier molecular flexibility index (Phi) is 4.43. The molecule has 21 heavy (non-hydrogen) atoms. The number of aliphatic carboxylic acids is 1. The second-order valence-electron chi connectivity index (χ2n) is 4.90. The first-order chi connectivity index (χ1) is 9.88. The summed E-state index contributed by atoms with van der Waals surface area (Å²) in [5.41, 5.74) is 1.68. The Hall–Kier alpha value is -2.14. The summed E-state index contributed by atoms with van der Waals surface area (Å²) in [6.45, 7) is 0. The van der Waals surface area contributed by atoms with Crippen LogP contribution in [0.25, 0.3) is 0 Å². The SMILES string of the molecule is CS(=O)(=O)c1ccc([C@H](CC(=O)O)c2ccccc2)cc1. The maximum absolute atomic E-state index is 11.5. The predicted octanol–water partition coefficient (Wildman–Crippen LogP) is 2.70. The molecule has 5 heteroatoms. The van der Waals surface area contributed by atoms with E-state index >= 15 is 0 Å². The van der Waals surface area contributed by atoms with Crippen LogP contribution in [0, 0.1) is 0 Å². The molecule has 0 spiro atoms. The van der Waals surface area contributed by atoms with Crippen molar-refractivity contribution in [1.82, 2.24) is 0 Å². The van der Waals surface area contributed by atoms with E-state index in [9.17, 15) is 13.2 Å². The number of carboxylic acids is 1. The Morgan fingerprint density at radius 2 is 1.52 bits per heavy atom. The van der Waals surface area contributed by atoms with Gasteiger partial charge in [-0.15, -0.1) is 0 Å². The first-order valence-corrected chi connectivity index (χ1v) is 8.34. The zero-order valence-electron chi connectivity index (χ0n) is 11.6. The van der Waals surface area contributed by atoms with Gasteiger partial charge in [0.1, 0.15) is 0 Å². The lowest BCUT2D eigenvalue weighted by Gasteiger charge is -2.16. The lowest BCUT2D eigenvalue weighted by molar-refractivity contribution is -0.137. The number of benzene rings is 2. The summed E-state index contributed by atoms with van der Waals surface area (Å²) >= 11 is 0. The normalized spacial score (nSPS) is 12.8. The Balaban J connectivity index is 2.40. The standard InChI is InChI=1S/C16H16O4S/c1-21(19,20)14-9-7-13(8-10-14)15(11-16(17)18)12-5-3-2-4-6-12/h2-10,15H,11H2,1H3,(H,17,18)/t15-/m1/s1. The van der Waals surface area contributed by atoms with E-state index in [1.807, 2.05) is 30.3 Å². The summed E-state index contributed by atoms with van der Waals surface area (Å²) in [7, 11) is -3.25. The average Bonchev–Trinajstić information content (AvgIpc) is 2.45. The van der Waals surface area contributed by atoms with Crippen molar-refractivity contribution < 1.29 is 18.3 Å². The quantitative estimate of drug-likeness (QED) is 0.922. The van der Waals surface area contributed by atoms with E-state index in [1.165, 1.54) is 12.1 Å². The molecule has 0 amide bonds. The number of sulfone groups is 1. The van der Waals surface area contributed by atoms with Gasteiger partial charge in [0.2, 0.25) is 0 Å². The highest BCUT2D eigenvalue weighted by molar-refractivity contribution is 7.90. The van der Waals surface area contributed by atoms with Crippen molar-refractivity contribution in [3.63, 3.8) is 0 Å². The van der Waals surface area contributed by atoms with Crippen molar-refractivity contribution in [3.8, 4) is 0 Å². The molecule has 0 heterocycles. The molecule has 1 atom stereocenters. The summed E-state index contributed by atoms with van der Waals surface area (Å²) in [6, 6.07) is 15.7. The van der Waals surface area contributed by atoms with Crippen molar-refractivity contribution >= 4 is 15.8 Å². The van der Waals surface area contributed by atoms with Crippen LogP contribution in [0.4, 0.5) is 0 Å². The summed E-state index contributed by atoms with van der Waals surface area (Å²) in [5.74, 6) is -1.19. The number of hydrogen-bond acceptors (Lipinski definition) is 3. The molecule has 110 valence electrons. The first kappa shape index (κ1) is 15.3. The Bertz CT molecular complexity index is 719. The smallest absolute Gasteiger partial charge is 0.304 e. The molecule has 0 saturated heterocycles. The molecule has 4 nitrogen and oxygen atoms in total. The molecule has 0 saturated carbocycles. The Morgan fingerprint density at radius 1 is 1.00 bits per heavy atom. The molecule has 1 N–H and O–H groups in total. The van der Waals surface area contributed by atoms with E-state index in [2.05, 4.69) is 0 Å². The van der Waals surface area contributed by atoms with E-state index in [1.54, 1.807) is 12.1 Å². The maximum Gasteiger partial charge on any atom is 0.304 e. The summed E-state index contributed by atoms with van der Waals surface area (Å²) in [5, 5.41) is 9.09. The zero-order chi connectivity index (χ0) is 15.5. The van der Waals surface area contributed by atoms with Gasteiger partial charge in [-0.25, -0.2) is 8.42 Å².